The van der Waals surface area contributed by atoms with Crippen LogP contribution in [0.15, 0.2) is 72.9 Å². The largest absolute Gasteiger partial charge is 0.756 e. The Balaban J connectivity index is 4.10. The van der Waals surface area contributed by atoms with Crippen LogP contribution in [0.25, 0.3) is 0 Å². The van der Waals surface area contributed by atoms with E-state index < -0.39 is 26.6 Å². The minimum Gasteiger partial charge on any atom is -0.756 e. The van der Waals surface area contributed by atoms with Crippen molar-refractivity contribution < 1.29 is 32.9 Å². The monoisotopic (exact) mass is 1210 g/mol. The molecule has 0 saturated heterocycles. The second-order valence-electron chi connectivity index (χ2n) is 26.3. The number of hydrogen-bond donors (Lipinski definition) is 2. The van der Waals surface area contributed by atoms with Gasteiger partial charge in [-0.15, -0.1) is 0 Å². The number of quaternary nitrogens is 1. The summed E-state index contributed by atoms with van der Waals surface area (Å²) in [7, 11) is 1.24. The van der Waals surface area contributed by atoms with Gasteiger partial charge in [-0.1, -0.05) is 337 Å². The molecule has 8 nitrogen and oxygen atoms in total. The number of rotatable bonds is 68. The summed E-state index contributed by atoms with van der Waals surface area (Å²) in [6.45, 7) is 4.65. The van der Waals surface area contributed by atoms with E-state index in [1.54, 1.807) is 6.08 Å². The number of phosphoric ester groups is 1. The molecule has 0 aromatic rings. The highest BCUT2D eigenvalue weighted by molar-refractivity contribution is 7.45. The molecule has 0 aliphatic carbocycles. The molecule has 0 heterocycles. The van der Waals surface area contributed by atoms with Crippen molar-refractivity contribution in [2.75, 3.05) is 40.9 Å². The zero-order chi connectivity index (χ0) is 61.9. The van der Waals surface area contributed by atoms with Crippen LogP contribution >= 0.6 is 7.82 Å². The van der Waals surface area contributed by atoms with Gasteiger partial charge in [0.05, 0.1) is 39.9 Å². The van der Waals surface area contributed by atoms with Crippen LogP contribution in [0.5, 0.6) is 0 Å². The summed E-state index contributed by atoms with van der Waals surface area (Å²) < 4.78 is 23.5. The number of allylic oxidation sites excluding steroid dienone is 11. The van der Waals surface area contributed by atoms with Crippen LogP contribution in [0, 0.1) is 0 Å². The van der Waals surface area contributed by atoms with Gasteiger partial charge >= 0.3 is 0 Å². The molecule has 3 unspecified atom stereocenters. The summed E-state index contributed by atoms with van der Waals surface area (Å²) in [5.41, 5.74) is 0. The average molecular weight is 1210 g/mol. The Hall–Kier alpha value is -2.06. The van der Waals surface area contributed by atoms with Gasteiger partial charge in [0.1, 0.15) is 13.2 Å². The average Bonchev–Trinajstić information content (AvgIpc) is 3.49. The van der Waals surface area contributed by atoms with Gasteiger partial charge in [0.25, 0.3) is 7.82 Å². The quantitative estimate of drug-likeness (QED) is 0.0272. The molecular formula is C76H143N2O6P. The first kappa shape index (κ1) is 82.9. The van der Waals surface area contributed by atoms with Crippen LogP contribution < -0.4 is 10.2 Å². The Kier molecular flexibility index (Phi) is 64.8. The van der Waals surface area contributed by atoms with Gasteiger partial charge in [0.15, 0.2) is 0 Å². The lowest BCUT2D eigenvalue weighted by molar-refractivity contribution is -0.870. The smallest absolute Gasteiger partial charge is 0.268 e. The van der Waals surface area contributed by atoms with E-state index in [2.05, 4.69) is 79.9 Å². The van der Waals surface area contributed by atoms with E-state index in [-0.39, 0.29) is 12.5 Å². The van der Waals surface area contributed by atoms with Crippen LogP contribution in [0.4, 0.5) is 0 Å². The van der Waals surface area contributed by atoms with E-state index in [1.165, 1.54) is 276 Å². The maximum absolute atomic E-state index is 13.0. The Morgan fingerprint density at radius 1 is 0.412 bits per heavy atom. The van der Waals surface area contributed by atoms with E-state index in [0.717, 1.165) is 57.8 Å². The number of hydrogen-bond acceptors (Lipinski definition) is 6. The number of carbonyl (C=O) groups excluding carboxylic acids is 1. The van der Waals surface area contributed by atoms with Crippen molar-refractivity contribution in [3.05, 3.63) is 72.9 Å². The van der Waals surface area contributed by atoms with Crippen molar-refractivity contribution in [2.24, 2.45) is 0 Å². The Morgan fingerprint density at radius 3 is 1.04 bits per heavy atom. The highest BCUT2D eigenvalue weighted by atomic mass is 31.2. The second kappa shape index (κ2) is 66.4. The van der Waals surface area contributed by atoms with E-state index in [1.807, 2.05) is 27.2 Å². The second-order valence-corrected chi connectivity index (χ2v) is 27.7. The maximum atomic E-state index is 13.0. The molecule has 0 rings (SSSR count). The number of likely N-dealkylation sites (N-methyl/N-ethyl adjacent to an activating group) is 1. The molecule has 0 aromatic heterocycles. The predicted octanol–water partition coefficient (Wildman–Crippen LogP) is 23.1. The lowest BCUT2D eigenvalue weighted by Gasteiger charge is -2.29. The van der Waals surface area contributed by atoms with Gasteiger partial charge in [0.2, 0.25) is 5.91 Å². The van der Waals surface area contributed by atoms with Gasteiger partial charge in [-0.25, -0.2) is 0 Å². The zero-order valence-corrected chi connectivity index (χ0v) is 58.0. The SMILES string of the molecule is CCCCCCC/C=C\C/C=C\C/C=C\CCCCCCCCCCCCCCCCCCC(=O)NC(COP(=O)([O-])OCC[N+](C)(C)C)C(O)/C=C/CC/C=C/CC/C=C/CCCCCCCCCCCCCCCCCCCCCCCC. The molecule has 9 heteroatoms. The lowest BCUT2D eigenvalue weighted by atomic mass is 10.0. The van der Waals surface area contributed by atoms with Crippen molar-refractivity contribution in [2.45, 2.75) is 366 Å². The molecular weight excluding hydrogens is 1070 g/mol. The Morgan fingerprint density at radius 2 is 0.694 bits per heavy atom. The fraction of sp³-hybridized carbons (Fsp3) is 0.829. The molecule has 0 saturated carbocycles. The molecule has 0 aliphatic heterocycles. The summed E-state index contributed by atoms with van der Waals surface area (Å²) in [6, 6.07) is -0.915. The number of aliphatic hydroxyl groups is 1. The Labute approximate surface area is 529 Å². The van der Waals surface area contributed by atoms with Gasteiger partial charge in [-0.3, -0.25) is 9.36 Å². The predicted molar refractivity (Wildman–Crippen MR) is 371 cm³/mol. The lowest BCUT2D eigenvalue weighted by Crippen LogP contribution is -2.45. The molecule has 85 heavy (non-hydrogen) atoms. The summed E-state index contributed by atoms with van der Waals surface area (Å²) in [4.78, 5) is 25.6. The van der Waals surface area contributed by atoms with Crippen LogP contribution in [0.2, 0.25) is 0 Å². The third-order valence-corrected chi connectivity index (χ3v) is 17.6. The van der Waals surface area contributed by atoms with E-state index in [9.17, 15) is 19.4 Å². The van der Waals surface area contributed by atoms with Crippen LogP contribution in [-0.2, 0) is 18.4 Å². The van der Waals surface area contributed by atoms with Crippen molar-refractivity contribution in [3.8, 4) is 0 Å². The summed E-state index contributed by atoms with van der Waals surface area (Å²) in [5, 5.41) is 14.0. The molecule has 0 aromatic carbocycles. The highest BCUT2D eigenvalue weighted by Crippen LogP contribution is 2.38. The number of amides is 1. The highest BCUT2D eigenvalue weighted by Gasteiger charge is 2.23. The van der Waals surface area contributed by atoms with Crippen LogP contribution in [0.1, 0.15) is 354 Å². The zero-order valence-electron chi connectivity index (χ0n) is 57.1. The van der Waals surface area contributed by atoms with Gasteiger partial charge < -0.3 is 28.8 Å². The number of phosphoric acid groups is 1. The number of carbonyl (C=O) groups is 1. The van der Waals surface area contributed by atoms with Gasteiger partial charge in [-0.05, 0) is 83.5 Å². The van der Waals surface area contributed by atoms with Crippen molar-refractivity contribution in [1.29, 1.82) is 0 Å². The number of nitrogens with zero attached hydrogens (tertiary/aromatic N) is 1. The minimum absolute atomic E-state index is 0.0103. The van der Waals surface area contributed by atoms with Crippen LogP contribution in [0.3, 0.4) is 0 Å². The molecule has 0 fully saturated rings. The van der Waals surface area contributed by atoms with E-state index >= 15 is 0 Å². The summed E-state index contributed by atoms with van der Waals surface area (Å²) in [6.07, 6.45) is 93.3. The summed E-state index contributed by atoms with van der Waals surface area (Å²) in [5.74, 6) is -0.208. The number of nitrogens with one attached hydrogen (secondary N) is 1. The van der Waals surface area contributed by atoms with Crippen molar-refractivity contribution in [1.82, 2.24) is 5.32 Å². The molecule has 0 spiro atoms. The fourth-order valence-electron chi connectivity index (χ4n) is 10.9. The third-order valence-electron chi connectivity index (χ3n) is 16.6. The topological polar surface area (TPSA) is 108 Å². The molecule has 2 N–H and O–H groups in total. The standard InChI is InChI=1S/C76H143N2O6P/c1-6-8-10-12-14-16-18-20-22-24-26-28-30-32-34-36-38-40-41-43-45-47-49-51-53-55-57-59-61-63-65-67-69-75(79)74(73-84-85(81,82)83-72-71-78(3,4)5)77-76(80)70-68-66-64-62-60-58-56-54-52-50-48-46-44-42-39-37-35-33-31-29-27-25-23-21-19-17-15-13-11-9-7-2/h19,21,25,27,31,33,51,53,59,61,67,69,74-75,79H,6-18,20,22-24,26,28-30,32,34-50,52,54-58,60,62-66,68,70-73H2,1-5H3,(H-,77,80,81,82)/b21-19-,27-25-,33-31-,53-51+,61-59+,69-67+. The first-order chi connectivity index (χ1) is 41.5. The molecule has 1 amide bonds. The van der Waals surface area contributed by atoms with Crippen molar-refractivity contribution >= 4 is 13.7 Å². The molecule has 3 atom stereocenters. The number of unbranched alkanes of at least 4 members (excludes halogenated alkanes) is 45. The van der Waals surface area contributed by atoms with Crippen LogP contribution in [-0.4, -0.2) is 68.5 Å². The normalized spacial score (nSPS) is 14.0. The van der Waals surface area contributed by atoms with Crippen molar-refractivity contribution in [3.63, 3.8) is 0 Å². The Bertz CT molecular complexity index is 1620. The molecule has 0 radical (unpaired) electrons. The third kappa shape index (κ3) is 69.3. The van der Waals surface area contributed by atoms with E-state index in [4.69, 9.17) is 9.05 Å². The molecule has 498 valence electrons. The first-order valence-electron chi connectivity index (χ1n) is 36.8. The summed E-state index contributed by atoms with van der Waals surface area (Å²) >= 11 is 0. The molecule has 0 aliphatic rings. The van der Waals surface area contributed by atoms with Gasteiger partial charge in [-0.2, -0.15) is 0 Å². The number of aliphatic hydroxyl groups excluding tert-OH is 1. The first-order valence-corrected chi connectivity index (χ1v) is 38.3. The maximum Gasteiger partial charge on any atom is 0.268 e. The fourth-order valence-corrected chi connectivity index (χ4v) is 11.6. The van der Waals surface area contributed by atoms with E-state index in [0.29, 0.717) is 17.4 Å². The van der Waals surface area contributed by atoms with Gasteiger partial charge in [0, 0.05) is 6.42 Å². The minimum atomic E-state index is -4.62. The molecule has 0 bridgehead atoms.